The van der Waals surface area contributed by atoms with Gasteiger partial charge in [0.2, 0.25) is 0 Å². The molecule has 4 N–H and O–H groups in total. The predicted molar refractivity (Wildman–Crippen MR) is 103 cm³/mol. The monoisotopic (exact) mass is 464 g/mol. The maximum Gasteiger partial charge on any atom is 1.00 e. The first-order valence-corrected chi connectivity index (χ1v) is 8.66. The quantitative estimate of drug-likeness (QED) is 0.204. The van der Waals surface area contributed by atoms with Gasteiger partial charge in [0.05, 0.1) is 12.8 Å². The number of carbonyl (C=O) groups is 2. The molecule has 0 amide bonds. The second-order valence-corrected chi connectivity index (χ2v) is 6.28. The molecule has 0 heterocycles. The molecule has 8 nitrogen and oxygen atoms in total. The number of rotatable bonds is 11. The molecule has 0 bridgehead atoms. The van der Waals surface area contributed by atoms with Crippen molar-refractivity contribution in [1.29, 1.82) is 0 Å². The molecule has 0 spiro atoms. The number of phenols is 2. The number of carboxylic acid groups (broad SMARTS) is 2. The van der Waals surface area contributed by atoms with Crippen molar-refractivity contribution in [2.45, 2.75) is 25.9 Å². The molecule has 0 aliphatic heterocycles. The molecule has 30 heavy (non-hydrogen) atoms. The molecule has 2 rings (SSSR count). The normalized spacial score (nSPS) is 10.0. The van der Waals surface area contributed by atoms with Crippen LogP contribution in [0.3, 0.4) is 0 Å². The third kappa shape index (κ3) is 11.2. The van der Waals surface area contributed by atoms with Gasteiger partial charge in [-0.25, -0.2) is 0 Å². The third-order valence-corrected chi connectivity index (χ3v) is 3.98. The van der Waals surface area contributed by atoms with E-state index in [1.807, 2.05) is 0 Å². The molecule has 0 saturated carbocycles. The minimum atomic E-state index is -0.942. The molecule has 0 fully saturated rings. The minimum Gasteiger partial charge on any atom is -0.660 e. The average molecular weight is 465 g/mol. The molecule has 0 unspecified atom stereocenters. The summed E-state index contributed by atoms with van der Waals surface area (Å²) in [5, 5.41) is 45.9. The Hall–Kier alpha value is 0.173. The van der Waals surface area contributed by atoms with E-state index in [2.05, 4.69) is 10.6 Å². The van der Waals surface area contributed by atoms with E-state index in [9.17, 15) is 19.8 Å². The van der Waals surface area contributed by atoms with E-state index in [1.165, 1.54) is 12.1 Å². The maximum absolute atomic E-state index is 10.8. The number of aromatic hydroxyl groups is 2. The zero-order valence-corrected chi connectivity index (χ0v) is 23.5. The number of benzene rings is 2. The number of carboxylic acids is 2. The van der Waals surface area contributed by atoms with Crippen LogP contribution in [-0.2, 0) is 35.5 Å². The second-order valence-electron chi connectivity index (χ2n) is 6.28. The van der Waals surface area contributed by atoms with Crippen molar-refractivity contribution in [3.63, 3.8) is 0 Å². The Morgan fingerprint density at radius 3 is 1.40 bits per heavy atom. The zero-order chi connectivity index (χ0) is 20.5. The van der Waals surface area contributed by atoms with Gasteiger partial charge in [0, 0.05) is 0 Å². The number of nitrogens with zero attached hydrogens (tertiary/aromatic N) is 2. The van der Waals surface area contributed by atoms with Crippen molar-refractivity contribution >= 4 is 11.9 Å². The number of aliphatic carboxylic acids is 2. The van der Waals surface area contributed by atoms with Crippen molar-refractivity contribution in [3.8, 4) is 11.5 Å². The van der Waals surface area contributed by atoms with Crippen LogP contribution in [0.2, 0.25) is 0 Å². The summed E-state index contributed by atoms with van der Waals surface area (Å²) in [7, 11) is 0. The smallest absolute Gasteiger partial charge is 0.660 e. The van der Waals surface area contributed by atoms with Crippen LogP contribution in [0.25, 0.3) is 10.6 Å². The first kappa shape index (κ1) is 30.2. The molecular weight excluding hydrogens is 442 g/mol. The summed E-state index contributed by atoms with van der Waals surface area (Å²) in [6, 6.07) is 9.29. The van der Waals surface area contributed by atoms with Gasteiger partial charge in [0.25, 0.3) is 0 Å². The van der Waals surface area contributed by atoms with Crippen LogP contribution in [0.4, 0.5) is 0 Å². The Bertz CT molecular complexity index is 779. The van der Waals surface area contributed by atoms with Gasteiger partial charge in [-0.1, -0.05) is 24.3 Å². The number of hydrogen-bond acceptors (Lipinski definition) is 4. The summed E-state index contributed by atoms with van der Waals surface area (Å²) in [6.07, 6.45) is -0.236. The molecule has 0 aliphatic carbocycles. The van der Waals surface area contributed by atoms with Crippen LogP contribution in [0.5, 0.6) is 11.5 Å². The Kier molecular flexibility index (Phi) is 16.0. The zero-order valence-electron chi connectivity index (χ0n) is 17.2. The average Bonchev–Trinajstić information content (AvgIpc) is 2.62. The van der Waals surface area contributed by atoms with E-state index < -0.39 is 11.9 Å². The fraction of sp³-hybridized carbons (Fsp3) is 0.300. The van der Waals surface area contributed by atoms with E-state index in [-0.39, 0.29) is 140 Å². The Morgan fingerprint density at radius 1 is 0.700 bits per heavy atom. The Morgan fingerprint density at radius 2 is 1.07 bits per heavy atom. The Labute approximate surface area is 260 Å². The van der Waals surface area contributed by atoms with Crippen LogP contribution in [-0.4, -0.2) is 45.5 Å². The summed E-state index contributed by atoms with van der Waals surface area (Å²) in [4.78, 5) is 21.5. The summed E-state index contributed by atoms with van der Waals surface area (Å²) >= 11 is 0. The SMILES string of the molecule is O=C(O)Cc1ccc(O)c(C[N-]CC[N-]Cc2cc(CC(=O)O)ccc2O)c1.[K+].[K+]. The van der Waals surface area contributed by atoms with Crippen LogP contribution in [0, 0.1) is 0 Å². The molecule has 0 saturated heterocycles. The van der Waals surface area contributed by atoms with E-state index in [0.717, 1.165) is 0 Å². The van der Waals surface area contributed by atoms with Crippen LogP contribution in [0.15, 0.2) is 36.4 Å². The van der Waals surface area contributed by atoms with Crippen LogP contribution >= 0.6 is 0 Å². The maximum atomic E-state index is 10.8. The van der Waals surface area contributed by atoms with Gasteiger partial charge in [-0.15, -0.1) is 13.1 Å². The van der Waals surface area contributed by atoms with Crippen molar-refractivity contribution in [3.05, 3.63) is 69.3 Å². The van der Waals surface area contributed by atoms with Crippen LogP contribution in [0.1, 0.15) is 22.3 Å². The fourth-order valence-corrected chi connectivity index (χ4v) is 2.64. The first-order chi connectivity index (χ1) is 13.3. The van der Waals surface area contributed by atoms with E-state index >= 15 is 0 Å². The minimum absolute atomic E-state index is 0. The molecule has 0 aliphatic rings. The van der Waals surface area contributed by atoms with E-state index in [0.29, 0.717) is 35.3 Å². The summed E-state index contributed by atoms with van der Waals surface area (Å²) in [5.74, 6) is -1.75. The fourth-order valence-electron chi connectivity index (χ4n) is 2.64. The summed E-state index contributed by atoms with van der Waals surface area (Å²) in [5.41, 5.74) is 2.30. The van der Waals surface area contributed by atoms with Crippen molar-refractivity contribution in [2.24, 2.45) is 0 Å². The van der Waals surface area contributed by atoms with Gasteiger partial charge < -0.3 is 31.1 Å². The largest absolute Gasteiger partial charge is 1.00 e. The van der Waals surface area contributed by atoms with Gasteiger partial charge >= 0.3 is 115 Å². The third-order valence-electron chi connectivity index (χ3n) is 3.98. The molecule has 10 heteroatoms. The van der Waals surface area contributed by atoms with E-state index in [4.69, 9.17) is 10.2 Å². The van der Waals surface area contributed by atoms with Gasteiger partial charge in [-0.05, 0) is 34.4 Å². The molecule has 150 valence electrons. The second kappa shape index (κ2) is 15.9. The Balaban J connectivity index is 0.00000420. The van der Waals surface area contributed by atoms with Gasteiger partial charge in [0.1, 0.15) is 11.5 Å². The molecule has 0 atom stereocenters. The van der Waals surface area contributed by atoms with Gasteiger partial charge in [-0.3, -0.25) is 9.59 Å². The first-order valence-electron chi connectivity index (χ1n) is 8.66. The standard InChI is InChI=1S/C20H22N2O6.2K/c23-17-3-1-13(9-19(25)26)7-15(17)11-21-5-6-22-12-16-8-14(10-20(27)28)2-4-18(16)24;;/h1-4,7-8,23-24H,5-6,9-12H2,(H,25,26)(H,27,28);;/q-2;2*+1. The molecule has 2 aromatic rings. The number of phenolic OH excluding ortho intramolecular Hbond substituents is 2. The van der Waals surface area contributed by atoms with Crippen molar-refractivity contribution in [2.75, 3.05) is 13.1 Å². The molecule has 0 aromatic heterocycles. The molecular formula is C20H22K2N2O6. The van der Waals surface area contributed by atoms with Gasteiger partial charge in [-0.2, -0.15) is 13.1 Å². The van der Waals surface area contributed by atoms with Crippen molar-refractivity contribution < 1.29 is 133 Å². The molecule has 0 radical (unpaired) electrons. The predicted octanol–water partition coefficient (Wildman–Crippen LogP) is -3.19. The molecule has 2 aromatic carbocycles. The van der Waals surface area contributed by atoms with Gasteiger partial charge in [0.15, 0.2) is 0 Å². The summed E-state index contributed by atoms with van der Waals surface area (Å²) in [6.45, 7) is 1.29. The van der Waals surface area contributed by atoms with E-state index in [1.54, 1.807) is 24.3 Å². The van der Waals surface area contributed by atoms with Crippen molar-refractivity contribution in [1.82, 2.24) is 0 Å². The number of hydrogen-bond donors (Lipinski definition) is 4. The van der Waals surface area contributed by atoms with Crippen LogP contribution < -0.4 is 103 Å². The topological polar surface area (TPSA) is 143 Å². The summed E-state index contributed by atoms with van der Waals surface area (Å²) < 4.78 is 0.